The molecule has 0 radical (unpaired) electrons. The highest BCUT2D eigenvalue weighted by atomic mass is 16.1. The van der Waals surface area contributed by atoms with Crippen molar-refractivity contribution in [2.45, 2.75) is 65.3 Å². The average Bonchev–Trinajstić information content (AvgIpc) is 2.55. The van der Waals surface area contributed by atoms with Gasteiger partial charge in [0.1, 0.15) is 0 Å². The Morgan fingerprint density at radius 2 is 1.68 bits per heavy atom. The number of carbonyl (C=O) groups excluding carboxylic acids is 1. The highest BCUT2D eigenvalue weighted by Gasteiger charge is 2.52. The van der Waals surface area contributed by atoms with Gasteiger partial charge in [-0.3, -0.25) is 4.79 Å². The highest BCUT2D eigenvalue weighted by molar-refractivity contribution is 5.92. The van der Waals surface area contributed by atoms with Gasteiger partial charge in [-0.2, -0.15) is 0 Å². The lowest BCUT2D eigenvalue weighted by Gasteiger charge is -2.59. The van der Waals surface area contributed by atoms with Crippen molar-refractivity contribution in [3.8, 4) is 0 Å². The van der Waals surface area contributed by atoms with Crippen LogP contribution < -0.4 is 10.6 Å². The number of nitrogens with one attached hydrogen (secondary N) is 2. The predicted octanol–water partition coefficient (Wildman–Crippen LogP) is 4.44. The second-order valence-electron chi connectivity index (χ2n) is 9.23. The van der Waals surface area contributed by atoms with Crippen LogP contribution >= 0.6 is 0 Å². The number of carbonyl (C=O) groups is 1. The molecule has 0 heterocycles. The fourth-order valence-corrected chi connectivity index (χ4v) is 6.19. The number of rotatable bonds is 5. The first-order valence-corrected chi connectivity index (χ1v) is 10.0. The molecule has 136 valence electrons. The molecule has 1 atom stereocenters. The van der Waals surface area contributed by atoms with E-state index in [1.165, 1.54) is 49.7 Å². The van der Waals surface area contributed by atoms with Crippen molar-refractivity contribution < 1.29 is 4.79 Å². The van der Waals surface area contributed by atoms with Crippen molar-refractivity contribution >= 4 is 11.6 Å². The molecule has 3 nitrogen and oxygen atoms in total. The van der Waals surface area contributed by atoms with Crippen LogP contribution in [0.1, 0.15) is 56.6 Å². The molecule has 1 aromatic rings. The maximum atomic E-state index is 12.4. The van der Waals surface area contributed by atoms with Crippen LogP contribution in [-0.2, 0) is 4.79 Å². The van der Waals surface area contributed by atoms with Gasteiger partial charge in [0.05, 0.1) is 6.54 Å². The van der Waals surface area contributed by atoms with Gasteiger partial charge in [-0.1, -0.05) is 6.07 Å². The summed E-state index contributed by atoms with van der Waals surface area (Å²) in [5, 5.41) is 6.61. The van der Waals surface area contributed by atoms with Crippen molar-refractivity contribution in [3.05, 3.63) is 29.3 Å². The first-order chi connectivity index (χ1) is 11.9. The standard InChI is InChI=1S/C22H32N2O/c1-14-4-5-20(6-15(14)2)24-21(25)13-23-16(3)22-10-17-7-18(11-22)9-19(8-17)12-22/h4-6,16-19,23H,7-13H2,1-3H3,(H,24,25). The van der Waals surface area contributed by atoms with E-state index in [1.54, 1.807) is 0 Å². The molecule has 0 aromatic heterocycles. The Morgan fingerprint density at radius 3 is 2.24 bits per heavy atom. The molecule has 1 aromatic carbocycles. The minimum absolute atomic E-state index is 0.0693. The molecule has 0 spiro atoms. The minimum atomic E-state index is 0.0693. The molecular formula is C22H32N2O. The molecule has 0 saturated heterocycles. The topological polar surface area (TPSA) is 41.1 Å². The first-order valence-electron chi connectivity index (χ1n) is 10.0. The Kier molecular flexibility index (Phi) is 4.39. The Labute approximate surface area is 152 Å². The molecule has 2 N–H and O–H groups in total. The van der Waals surface area contributed by atoms with Crippen LogP contribution in [0.15, 0.2) is 18.2 Å². The smallest absolute Gasteiger partial charge is 0.238 e. The summed E-state index contributed by atoms with van der Waals surface area (Å²) in [5.41, 5.74) is 3.83. The summed E-state index contributed by atoms with van der Waals surface area (Å²) in [5.74, 6) is 2.94. The lowest BCUT2D eigenvalue weighted by molar-refractivity contribution is -0.116. The zero-order valence-electron chi connectivity index (χ0n) is 15.9. The van der Waals surface area contributed by atoms with Crippen molar-refractivity contribution in [1.82, 2.24) is 5.32 Å². The van der Waals surface area contributed by atoms with Crippen LogP contribution in [0.3, 0.4) is 0 Å². The van der Waals surface area contributed by atoms with Gasteiger partial charge in [0.15, 0.2) is 0 Å². The Bertz CT molecular complexity index is 631. The SMILES string of the molecule is Cc1ccc(NC(=O)CNC(C)C23CC4CC(CC(C4)C2)C3)cc1C. The summed E-state index contributed by atoms with van der Waals surface area (Å²) in [7, 11) is 0. The molecule has 3 heteroatoms. The summed E-state index contributed by atoms with van der Waals surface area (Å²) in [6.45, 7) is 6.90. The first kappa shape index (κ1) is 17.1. The number of amides is 1. The normalized spacial score (nSPS) is 34.1. The summed E-state index contributed by atoms with van der Waals surface area (Å²) in [4.78, 5) is 12.4. The average molecular weight is 341 g/mol. The molecule has 0 aliphatic heterocycles. The van der Waals surface area contributed by atoms with Crippen LogP contribution in [0.4, 0.5) is 5.69 Å². The Morgan fingerprint density at radius 1 is 1.08 bits per heavy atom. The monoisotopic (exact) mass is 340 g/mol. The van der Waals surface area contributed by atoms with Gasteiger partial charge in [0.25, 0.3) is 0 Å². The summed E-state index contributed by atoms with van der Waals surface area (Å²) in [6, 6.07) is 6.54. The number of hydrogen-bond acceptors (Lipinski definition) is 2. The van der Waals surface area contributed by atoms with Crippen molar-refractivity contribution in [3.63, 3.8) is 0 Å². The van der Waals surface area contributed by atoms with Gasteiger partial charge in [-0.25, -0.2) is 0 Å². The maximum Gasteiger partial charge on any atom is 0.238 e. The maximum absolute atomic E-state index is 12.4. The fourth-order valence-electron chi connectivity index (χ4n) is 6.19. The molecule has 4 fully saturated rings. The van der Waals surface area contributed by atoms with E-state index < -0.39 is 0 Å². The third-order valence-electron chi connectivity index (χ3n) is 7.36. The quantitative estimate of drug-likeness (QED) is 0.832. The molecular weight excluding hydrogens is 308 g/mol. The molecule has 25 heavy (non-hydrogen) atoms. The number of aryl methyl sites for hydroxylation is 2. The molecule has 4 aliphatic carbocycles. The zero-order valence-corrected chi connectivity index (χ0v) is 15.9. The second kappa shape index (κ2) is 6.42. The second-order valence-corrected chi connectivity index (χ2v) is 9.23. The van der Waals surface area contributed by atoms with Gasteiger partial charge in [-0.15, -0.1) is 0 Å². The number of anilines is 1. The van der Waals surface area contributed by atoms with Gasteiger partial charge < -0.3 is 10.6 Å². The fraction of sp³-hybridized carbons (Fsp3) is 0.682. The van der Waals surface area contributed by atoms with Gasteiger partial charge in [-0.05, 0) is 106 Å². The zero-order chi connectivity index (χ0) is 17.6. The number of hydrogen-bond donors (Lipinski definition) is 2. The molecule has 4 bridgehead atoms. The molecule has 1 amide bonds. The van der Waals surface area contributed by atoms with E-state index in [0.717, 1.165) is 23.4 Å². The van der Waals surface area contributed by atoms with Crippen LogP contribution in [0.2, 0.25) is 0 Å². The van der Waals surface area contributed by atoms with E-state index in [9.17, 15) is 4.79 Å². The van der Waals surface area contributed by atoms with Crippen molar-refractivity contribution in [1.29, 1.82) is 0 Å². The Hall–Kier alpha value is -1.35. The summed E-state index contributed by atoms with van der Waals surface area (Å²) < 4.78 is 0. The third kappa shape index (κ3) is 3.36. The van der Waals surface area contributed by atoms with E-state index in [4.69, 9.17) is 0 Å². The van der Waals surface area contributed by atoms with E-state index in [-0.39, 0.29) is 5.91 Å². The van der Waals surface area contributed by atoms with Crippen molar-refractivity contribution in [2.75, 3.05) is 11.9 Å². The summed E-state index contributed by atoms with van der Waals surface area (Å²) >= 11 is 0. The summed E-state index contributed by atoms with van der Waals surface area (Å²) in [6.07, 6.45) is 8.56. The molecule has 1 unspecified atom stereocenters. The Balaban J connectivity index is 1.33. The van der Waals surface area contributed by atoms with Crippen LogP contribution in [0.5, 0.6) is 0 Å². The van der Waals surface area contributed by atoms with Crippen molar-refractivity contribution in [2.24, 2.45) is 23.2 Å². The van der Waals surface area contributed by atoms with E-state index in [1.807, 2.05) is 6.07 Å². The van der Waals surface area contributed by atoms with Crippen LogP contribution in [0.25, 0.3) is 0 Å². The van der Waals surface area contributed by atoms with Gasteiger partial charge >= 0.3 is 0 Å². The lowest BCUT2D eigenvalue weighted by Crippen LogP contribution is -2.55. The van der Waals surface area contributed by atoms with Crippen LogP contribution in [0, 0.1) is 37.0 Å². The van der Waals surface area contributed by atoms with Crippen LogP contribution in [-0.4, -0.2) is 18.5 Å². The minimum Gasteiger partial charge on any atom is -0.325 e. The lowest BCUT2D eigenvalue weighted by atomic mass is 9.48. The third-order valence-corrected chi connectivity index (χ3v) is 7.36. The molecule has 4 saturated carbocycles. The van der Waals surface area contributed by atoms with E-state index >= 15 is 0 Å². The highest BCUT2D eigenvalue weighted by Crippen LogP contribution is 2.61. The molecule has 4 aliphatic rings. The van der Waals surface area contributed by atoms with E-state index in [2.05, 4.69) is 43.5 Å². The largest absolute Gasteiger partial charge is 0.325 e. The van der Waals surface area contributed by atoms with Gasteiger partial charge in [0, 0.05) is 11.7 Å². The predicted molar refractivity (Wildman–Crippen MR) is 103 cm³/mol. The van der Waals surface area contributed by atoms with Gasteiger partial charge in [0.2, 0.25) is 5.91 Å². The number of benzene rings is 1. The van der Waals surface area contributed by atoms with E-state index in [0.29, 0.717) is 18.0 Å². The molecule has 5 rings (SSSR count).